The lowest BCUT2D eigenvalue weighted by Gasteiger charge is -2.20. The van der Waals surface area contributed by atoms with Crippen molar-refractivity contribution in [3.63, 3.8) is 0 Å². The summed E-state index contributed by atoms with van der Waals surface area (Å²) < 4.78 is 0. The Morgan fingerprint density at radius 1 is 1.00 bits per heavy atom. The average Bonchev–Trinajstić information content (AvgIpc) is 2.33. The van der Waals surface area contributed by atoms with Crippen LogP contribution in [0.2, 0.25) is 0 Å². The third kappa shape index (κ3) is 7.86. The van der Waals surface area contributed by atoms with Crippen LogP contribution < -0.4 is 0 Å². The summed E-state index contributed by atoms with van der Waals surface area (Å²) in [6, 6.07) is 0. The lowest BCUT2D eigenvalue weighted by Crippen LogP contribution is -2.14. The van der Waals surface area contributed by atoms with E-state index in [1.807, 2.05) is 0 Å². The molecule has 0 aliphatic rings. The van der Waals surface area contributed by atoms with Crippen LogP contribution in [0.25, 0.3) is 0 Å². The molecular weight excluding hydrogens is 212 g/mol. The lowest BCUT2D eigenvalue weighted by atomic mass is 9.87. The Morgan fingerprint density at radius 2 is 1.59 bits per heavy atom. The molecule has 0 heterocycles. The normalized spacial score (nSPS) is 17.5. The number of terminal acetylenes is 2. The highest BCUT2D eigenvalue weighted by Crippen LogP contribution is 2.24. The first-order valence-electron chi connectivity index (χ1n) is 6.31. The first kappa shape index (κ1) is 16.0. The zero-order valence-electron chi connectivity index (χ0n) is 10.9. The quantitative estimate of drug-likeness (QED) is 0.634. The SMILES string of the molecule is C#CC(O)CCC(CC)CC(C)CC(O)C#C. The smallest absolute Gasteiger partial charge is 0.114 e. The van der Waals surface area contributed by atoms with E-state index in [1.54, 1.807) is 0 Å². The minimum atomic E-state index is -0.640. The first-order valence-corrected chi connectivity index (χ1v) is 6.31. The van der Waals surface area contributed by atoms with Crippen molar-refractivity contribution in [3.05, 3.63) is 0 Å². The Kier molecular flexibility index (Phi) is 8.60. The van der Waals surface area contributed by atoms with Crippen LogP contribution in [0.1, 0.15) is 46.0 Å². The van der Waals surface area contributed by atoms with E-state index >= 15 is 0 Å². The summed E-state index contributed by atoms with van der Waals surface area (Å²) in [4.78, 5) is 0. The fraction of sp³-hybridized carbons (Fsp3) is 0.733. The highest BCUT2D eigenvalue weighted by Gasteiger charge is 2.15. The van der Waals surface area contributed by atoms with Crippen LogP contribution in [0.3, 0.4) is 0 Å². The maximum atomic E-state index is 9.37. The molecule has 2 N–H and O–H groups in total. The van der Waals surface area contributed by atoms with Crippen molar-refractivity contribution in [1.82, 2.24) is 0 Å². The third-order valence-electron chi connectivity index (χ3n) is 3.17. The van der Waals surface area contributed by atoms with E-state index in [0.29, 0.717) is 24.7 Å². The van der Waals surface area contributed by atoms with Gasteiger partial charge in [-0.2, -0.15) is 0 Å². The fourth-order valence-electron chi connectivity index (χ4n) is 2.08. The van der Waals surface area contributed by atoms with E-state index < -0.39 is 12.2 Å². The zero-order chi connectivity index (χ0) is 13.3. The van der Waals surface area contributed by atoms with Gasteiger partial charge in [-0.15, -0.1) is 12.8 Å². The molecule has 0 aliphatic carbocycles. The van der Waals surface area contributed by atoms with E-state index in [9.17, 15) is 10.2 Å². The molecule has 17 heavy (non-hydrogen) atoms. The molecule has 0 rings (SSSR count). The Hall–Kier alpha value is -0.960. The van der Waals surface area contributed by atoms with Gasteiger partial charge in [-0.05, 0) is 37.5 Å². The van der Waals surface area contributed by atoms with Gasteiger partial charge in [-0.3, -0.25) is 0 Å². The van der Waals surface area contributed by atoms with Crippen LogP contribution >= 0.6 is 0 Å². The summed E-state index contributed by atoms with van der Waals surface area (Å²) in [6.07, 6.45) is 13.3. The number of hydrogen-bond donors (Lipinski definition) is 2. The van der Waals surface area contributed by atoms with Gasteiger partial charge in [0.25, 0.3) is 0 Å². The number of rotatable bonds is 8. The largest absolute Gasteiger partial charge is 0.380 e. The molecule has 0 bridgehead atoms. The van der Waals surface area contributed by atoms with E-state index in [1.165, 1.54) is 0 Å². The van der Waals surface area contributed by atoms with Gasteiger partial charge in [0.1, 0.15) is 12.2 Å². The highest BCUT2D eigenvalue weighted by atomic mass is 16.3. The molecule has 4 unspecified atom stereocenters. The summed E-state index contributed by atoms with van der Waals surface area (Å²) in [7, 11) is 0. The van der Waals surface area contributed by atoms with Gasteiger partial charge in [0, 0.05) is 0 Å². The van der Waals surface area contributed by atoms with Crippen LogP contribution in [0.15, 0.2) is 0 Å². The second-order valence-corrected chi connectivity index (χ2v) is 4.79. The number of aliphatic hydroxyl groups is 2. The summed E-state index contributed by atoms with van der Waals surface area (Å²) in [5, 5.41) is 18.7. The summed E-state index contributed by atoms with van der Waals surface area (Å²) in [5.41, 5.74) is 0. The van der Waals surface area contributed by atoms with Gasteiger partial charge >= 0.3 is 0 Å². The van der Waals surface area contributed by atoms with Gasteiger partial charge in [0.2, 0.25) is 0 Å². The Bertz CT molecular complexity index is 272. The summed E-state index contributed by atoms with van der Waals surface area (Å²) in [6.45, 7) is 4.23. The number of hydrogen-bond acceptors (Lipinski definition) is 2. The maximum absolute atomic E-state index is 9.37. The van der Waals surface area contributed by atoms with Crippen molar-refractivity contribution in [2.24, 2.45) is 11.8 Å². The zero-order valence-corrected chi connectivity index (χ0v) is 10.9. The molecular formula is C15H24O2. The predicted molar refractivity (Wildman–Crippen MR) is 71.1 cm³/mol. The van der Waals surface area contributed by atoms with Crippen LogP contribution in [-0.4, -0.2) is 22.4 Å². The predicted octanol–water partition coefficient (Wildman–Crippen LogP) is 2.20. The van der Waals surface area contributed by atoms with Crippen molar-refractivity contribution in [2.75, 3.05) is 0 Å². The molecule has 0 aromatic carbocycles. The van der Waals surface area contributed by atoms with Crippen LogP contribution in [-0.2, 0) is 0 Å². The number of aliphatic hydroxyl groups excluding tert-OH is 2. The standard InChI is InChI=1S/C15H24O2/c1-5-13(8-9-14(16)6-2)10-12(4)11-15(17)7-3/h2-3,12-17H,5,8-11H2,1,4H3. The highest BCUT2D eigenvalue weighted by molar-refractivity contribution is 4.94. The Balaban J connectivity index is 3.96. The molecule has 0 spiro atoms. The van der Waals surface area contributed by atoms with Crippen LogP contribution in [0.4, 0.5) is 0 Å². The van der Waals surface area contributed by atoms with Gasteiger partial charge < -0.3 is 10.2 Å². The van der Waals surface area contributed by atoms with Crippen molar-refractivity contribution in [2.45, 2.75) is 58.2 Å². The van der Waals surface area contributed by atoms with Gasteiger partial charge in [-0.25, -0.2) is 0 Å². The molecule has 0 radical (unpaired) electrons. The summed E-state index contributed by atoms with van der Waals surface area (Å²) >= 11 is 0. The average molecular weight is 236 g/mol. The molecule has 0 fully saturated rings. The van der Waals surface area contributed by atoms with Gasteiger partial charge in [-0.1, -0.05) is 32.1 Å². The van der Waals surface area contributed by atoms with Crippen molar-refractivity contribution >= 4 is 0 Å². The molecule has 0 saturated heterocycles. The molecule has 2 nitrogen and oxygen atoms in total. The minimum Gasteiger partial charge on any atom is -0.380 e. The Morgan fingerprint density at radius 3 is 2.06 bits per heavy atom. The summed E-state index contributed by atoms with van der Waals surface area (Å²) in [5.74, 6) is 5.60. The maximum Gasteiger partial charge on any atom is 0.114 e. The van der Waals surface area contributed by atoms with Crippen molar-refractivity contribution in [3.8, 4) is 24.7 Å². The third-order valence-corrected chi connectivity index (χ3v) is 3.17. The first-order chi connectivity index (χ1) is 8.03. The van der Waals surface area contributed by atoms with Crippen molar-refractivity contribution in [1.29, 1.82) is 0 Å². The van der Waals surface area contributed by atoms with Crippen molar-refractivity contribution < 1.29 is 10.2 Å². The molecule has 0 amide bonds. The molecule has 4 atom stereocenters. The van der Waals surface area contributed by atoms with Gasteiger partial charge in [0.05, 0.1) is 0 Å². The van der Waals surface area contributed by atoms with Crippen LogP contribution in [0.5, 0.6) is 0 Å². The Labute approximate surface area is 105 Å². The minimum absolute atomic E-state index is 0.397. The molecule has 2 heteroatoms. The molecule has 0 aliphatic heterocycles. The topological polar surface area (TPSA) is 40.5 Å². The monoisotopic (exact) mass is 236 g/mol. The second kappa shape index (κ2) is 9.11. The molecule has 0 saturated carbocycles. The van der Waals surface area contributed by atoms with E-state index in [-0.39, 0.29) is 0 Å². The van der Waals surface area contributed by atoms with E-state index in [2.05, 4.69) is 25.7 Å². The molecule has 96 valence electrons. The molecule has 0 aromatic heterocycles. The second-order valence-electron chi connectivity index (χ2n) is 4.79. The van der Waals surface area contributed by atoms with Crippen LogP contribution in [0, 0.1) is 36.5 Å². The van der Waals surface area contributed by atoms with E-state index in [0.717, 1.165) is 19.3 Å². The lowest BCUT2D eigenvalue weighted by molar-refractivity contribution is 0.178. The van der Waals surface area contributed by atoms with Gasteiger partial charge in [0.15, 0.2) is 0 Å². The molecule has 0 aromatic rings. The fourth-order valence-corrected chi connectivity index (χ4v) is 2.08. The van der Waals surface area contributed by atoms with E-state index in [4.69, 9.17) is 12.8 Å².